The van der Waals surface area contributed by atoms with Crippen LogP contribution in [0.5, 0.6) is 0 Å². The molecule has 7 aliphatic heterocycles. The number of amides is 1. The van der Waals surface area contributed by atoms with Crippen molar-refractivity contribution in [2.24, 2.45) is 22.7 Å². The minimum Gasteiger partial charge on any atom is -0.332 e. The molecule has 0 N–H and O–H groups in total. The molecule has 10 nitrogen and oxygen atoms in total. The zero-order valence-corrected chi connectivity index (χ0v) is 49.3. The third kappa shape index (κ3) is 8.15. The Kier molecular flexibility index (Phi) is 14.2. The number of aryl methyl sites for hydroxylation is 1. The highest BCUT2D eigenvalue weighted by Crippen LogP contribution is 2.61. The maximum Gasteiger partial charge on any atom is 0.231 e. The SMILES string of the molecule is CC(C)C1=C2N(C(=O)C1)C(C)C2(C)C.CC(C)C1=C2N(C(=S)C1)C(C)(C)C2(C)C.CC(C)c1ncn2c1C(C)(C)C2C.CC(C)c1nnn2c1C(C)(C)C2C.Cc1nc(C(C)C)c2n1C(C)C2(C)C. The first-order chi connectivity index (χ1) is 31.4. The summed E-state index contributed by atoms with van der Waals surface area (Å²) in [5.41, 5.74) is 15.2. The molecule has 69 heavy (non-hydrogen) atoms. The minimum atomic E-state index is 0.191. The summed E-state index contributed by atoms with van der Waals surface area (Å²) in [5, 5.41) is 8.40. The van der Waals surface area contributed by atoms with Gasteiger partial charge in [-0.3, -0.25) is 4.79 Å². The van der Waals surface area contributed by atoms with Gasteiger partial charge in [0, 0.05) is 74.4 Å². The molecule has 10 rings (SSSR count). The normalized spacial score (nSPS) is 25.9. The van der Waals surface area contributed by atoms with Crippen LogP contribution in [0, 0.1) is 29.6 Å². The molecule has 0 spiro atoms. The van der Waals surface area contributed by atoms with Gasteiger partial charge in [0.2, 0.25) is 5.91 Å². The lowest BCUT2D eigenvalue weighted by Gasteiger charge is -2.62. The van der Waals surface area contributed by atoms with Crippen LogP contribution < -0.4 is 0 Å². The predicted molar refractivity (Wildman–Crippen MR) is 290 cm³/mol. The van der Waals surface area contributed by atoms with E-state index in [1.807, 2.05) is 11.2 Å². The van der Waals surface area contributed by atoms with Gasteiger partial charge in [-0.05, 0) is 89.2 Å². The van der Waals surface area contributed by atoms with E-state index < -0.39 is 0 Å². The molecule has 1 amide bonds. The number of imidazole rings is 2. The number of carbonyl (C=O) groups excluding carboxylic acids is 1. The first kappa shape index (κ1) is 54.7. The van der Waals surface area contributed by atoms with Gasteiger partial charge in [-0.1, -0.05) is 156 Å². The van der Waals surface area contributed by atoms with E-state index in [0.29, 0.717) is 76.9 Å². The third-order valence-corrected chi connectivity index (χ3v) is 19.2. The number of aromatic nitrogens is 7. The second kappa shape index (κ2) is 17.9. The topological polar surface area (TPSA) is 89.9 Å². The Hall–Kier alpha value is -3.60. The maximum absolute atomic E-state index is 11.7. The summed E-state index contributed by atoms with van der Waals surface area (Å²) in [6, 6.07) is 2.06. The molecule has 3 aromatic heterocycles. The summed E-state index contributed by atoms with van der Waals surface area (Å²) in [6.07, 6.45) is 3.65. The van der Waals surface area contributed by atoms with E-state index in [0.717, 1.165) is 11.4 Å². The zero-order chi connectivity index (χ0) is 52.5. The van der Waals surface area contributed by atoms with Gasteiger partial charge < -0.3 is 18.9 Å². The molecular formula is C58H95N9OS. The molecule has 0 radical (unpaired) electrons. The van der Waals surface area contributed by atoms with E-state index >= 15 is 0 Å². The number of rotatable bonds is 5. The van der Waals surface area contributed by atoms with Gasteiger partial charge in [-0.25, -0.2) is 14.6 Å². The monoisotopic (exact) mass is 966 g/mol. The van der Waals surface area contributed by atoms with Crippen LogP contribution in [0.1, 0.15) is 269 Å². The van der Waals surface area contributed by atoms with Crippen molar-refractivity contribution >= 4 is 23.1 Å². The summed E-state index contributed by atoms with van der Waals surface area (Å²) < 4.78 is 6.74. The van der Waals surface area contributed by atoms with Gasteiger partial charge in [0.15, 0.2) is 0 Å². The predicted octanol–water partition coefficient (Wildman–Crippen LogP) is 14.6. The van der Waals surface area contributed by atoms with Gasteiger partial charge in [0.25, 0.3) is 0 Å². The minimum absolute atomic E-state index is 0.191. The van der Waals surface area contributed by atoms with Crippen LogP contribution in [-0.2, 0) is 21.0 Å². The van der Waals surface area contributed by atoms with Crippen molar-refractivity contribution in [2.45, 2.75) is 263 Å². The molecule has 0 bridgehead atoms. The van der Waals surface area contributed by atoms with E-state index in [1.54, 1.807) is 5.57 Å². The molecule has 0 aliphatic carbocycles. The molecule has 0 aromatic carbocycles. The molecule has 4 unspecified atom stereocenters. The highest BCUT2D eigenvalue weighted by molar-refractivity contribution is 7.80. The number of hydrogen-bond donors (Lipinski definition) is 0. The van der Waals surface area contributed by atoms with Gasteiger partial charge >= 0.3 is 0 Å². The Morgan fingerprint density at radius 3 is 1.58 bits per heavy atom. The van der Waals surface area contributed by atoms with Crippen molar-refractivity contribution in [3.05, 3.63) is 68.9 Å². The fourth-order valence-electron chi connectivity index (χ4n) is 12.3. The third-order valence-electron chi connectivity index (χ3n) is 18.8. The lowest BCUT2D eigenvalue weighted by molar-refractivity contribution is -0.137. The Morgan fingerprint density at radius 1 is 0.580 bits per heavy atom. The van der Waals surface area contributed by atoms with E-state index in [-0.39, 0.29) is 21.8 Å². The summed E-state index contributed by atoms with van der Waals surface area (Å²) in [7, 11) is 0. The second-order valence-electron chi connectivity index (χ2n) is 26.6. The summed E-state index contributed by atoms with van der Waals surface area (Å²) in [6.45, 7) is 60.7. The van der Waals surface area contributed by atoms with Crippen molar-refractivity contribution in [1.82, 2.24) is 43.9 Å². The van der Waals surface area contributed by atoms with Crippen molar-refractivity contribution in [1.29, 1.82) is 0 Å². The fraction of sp³-hybridized carbons (Fsp3) is 0.759. The lowest BCUT2D eigenvalue weighted by atomic mass is 9.62. The van der Waals surface area contributed by atoms with E-state index in [1.165, 1.54) is 57.0 Å². The van der Waals surface area contributed by atoms with Crippen LogP contribution >= 0.6 is 12.2 Å². The molecule has 7 aliphatic rings. The van der Waals surface area contributed by atoms with Crippen LogP contribution in [-0.4, -0.2) is 66.4 Å². The fourth-order valence-corrected chi connectivity index (χ4v) is 12.8. The number of hydrogen-bond acceptors (Lipinski definition) is 6. The summed E-state index contributed by atoms with van der Waals surface area (Å²) >= 11 is 5.50. The first-order valence-corrected chi connectivity index (χ1v) is 27.0. The quantitative estimate of drug-likeness (QED) is 0.235. The Morgan fingerprint density at radius 2 is 1.07 bits per heavy atom. The van der Waals surface area contributed by atoms with Crippen LogP contribution in [0.25, 0.3) is 0 Å². The highest BCUT2D eigenvalue weighted by atomic mass is 32.1. The molecule has 4 atom stereocenters. The van der Waals surface area contributed by atoms with Crippen molar-refractivity contribution in [3.63, 3.8) is 0 Å². The highest BCUT2D eigenvalue weighted by Gasteiger charge is 2.61. The molecule has 10 heterocycles. The van der Waals surface area contributed by atoms with Crippen LogP contribution in [0.2, 0.25) is 0 Å². The van der Waals surface area contributed by atoms with Crippen molar-refractivity contribution in [2.75, 3.05) is 0 Å². The molecule has 2 saturated heterocycles. The van der Waals surface area contributed by atoms with E-state index in [9.17, 15) is 4.79 Å². The van der Waals surface area contributed by atoms with Crippen molar-refractivity contribution < 1.29 is 4.79 Å². The molecule has 0 saturated carbocycles. The Bertz CT molecular complexity index is 2470. The maximum atomic E-state index is 11.7. The average Bonchev–Trinajstić information content (AvgIpc) is 4.07. The van der Waals surface area contributed by atoms with E-state index in [2.05, 4.69) is 226 Å². The van der Waals surface area contributed by atoms with Gasteiger partial charge in [-0.2, -0.15) is 0 Å². The largest absolute Gasteiger partial charge is 0.332 e. The number of thiocarbonyl (C=S) groups is 1. The molecular weight excluding hydrogens is 871 g/mol. The molecule has 3 aromatic rings. The van der Waals surface area contributed by atoms with Gasteiger partial charge in [-0.15, -0.1) is 5.10 Å². The standard InChI is InChI=1S/C13H21NS.C12H20N2.C12H19NO.C11H18N2.C10H17N3/c1-8(2)9-7-10(15)14-11(9)12(3,4)13(14,5)6;1-7(2)10-11-12(5,6)8(3)14(11)9(4)13-10;1-7(2)9-6-10(14)13-8(3)12(4,5)11(9)13;1-7(2)9-10-11(4,5)8(3)13(10)6-12-9;1-6(2)8-9-10(4,5)7(3)13(9)12-11-8/h8H,7H2,1-6H3;7-8H,1-6H3;7-8H,6H2,1-5H3;6-8H,1-5H3;6-7H,1-5H3. The van der Waals surface area contributed by atoms with E-state index in [4.69, 9.17) is 12.2 Å². The van der Waals surface area contributed by atoms with Crippen LogP contribution in [0.3, 0.4) is 0 Å². The number of fused-ring (bicyclic) bond motifs is 5. The Balaban J connectivity index is 0.000000142. The van der Waals surface area contributed by atoms with Gasteiger partial charge in [0.05, 0.1) is 52.1 Å². The molecule has 2 fully saturated rings. The number of carbonyl (C=O) groups is 1. The summed E-state index contributed by atoms with van der Waals surface area (Å²) in [5.74, 6) is 4.17. The Labute approximate surface area is 425 Å². The molecule has 384 valence electrons. The number of nitrogens with zero attached hydrogens (tertiary/aromatic N) is 9. The van der Waals surface area contributed by atoms with Gasteiger partial charge in [0.1, 0.15) is 5.82 Å². The van der Waals surface area contributed by atoms with Crippen LogP contribution in [0.15, 0.2) is 28.9 Å². The zero-order valence-electron chi connectivity index (χ0n) is 48.5. The first-order valence-electron chi connectivity index (χ1n) is 26.6. The molecule has 11 heteroatoms. The lowest BCUT2D eigenvalue weighted by Crippen LogP contribution is -2.66. The second-order valence-corrected chi connectivity index (χ2v) is 27.0. The summed E-state index contributed by atoms with van der Waals surface area (Å²) in [4.78, 5) is 26.4. The average molecular weight is 967 g/mol. The smallest absolute Gasteiger partial charge is 0.231 e. The van der Waals surface area contributed by atoms with Crippen LogP contribution in [0.4, 0.5) is 0 Å². The van der Waals surface area contributed by atoms with Crippen molar-refractivity contribution in [3.8, 4) is 0 Å².